The van der Waals surface area contributed by atoms with Crippen molar-refractivity contribution in [1.82, 2.24) is 29.3 Å². The molecule has 1 aromatic carbocycles. The zero-order valence-corrected chi connectivity index (χ0v) is 16.0. The molecule has 0 bridgehead atoms. The fraction of sp³-hybridized carbons (Fsp3) is 0.300. The monoisotopic (exact) mass is 391 g/mol. The molecule has 4 heterocycles. The SMILES string of the molecule is Cn1cc2ccc(-c3cc(C4CCN(C(=O)O)CC4)n4ncnc(N)c34)cc2n1. The van der Waals surface area contributed by atoms with Gasteiger partial charge < -0.3 is 15.7 Å². The molecular formula is C20H21N7O2. The van der Waals surface area contributed by atoms with Gasteiger partial charge in [-0.2, -0.15) is 10.2 Å². The number of rotatable bonds is 2. The molecule has 0 radical (unpaired) electrons. The number of aryl methyl sites for hydroxylation is 1. The lowest BCUT2D eigenvalue weighted by molar-refractivity contribution is 0.131. The summed E-state index contributed by atoms with van der Waals surface area (Å²) in [7, 11) is 1.90. The summed E-state index contributed by atoms with van der Waals surface area (Å²) in [5.41, 5.74) is 10.9. The molecule has 29 heavy (non-hydrogen) atoms. The standard InChI is InChI=1S/C20H21N7O2/c1-25-10-14-3-2-13(8-16(14)24-25)15-9-17(27-18(15)19(21)22-11-23-27)12-4-6-26(7-5-12)20(28)29/h2-3,8-12H,4-7H2,1H3,(H,28,29)(H2,21,22,23). The maximum absolute atomic E-state index is 11.2. The van der Waals surface area contributed by atoms with Gasteiger partial charge in [0.1, 0.15) is 11.8 Å². The van der Waals surface area contributed by atoms with Crippen LogP contribution in [0.3, 0.4) is 0 Å². The van der Waals surface area contributed by atoms with Crippen LogP contribution < -0.4 is 5.73 Å². The summed E-state index contributed by atoms with van der Waals surface area (Å²) in [6.45, 7) is 1.03. The third-order valence-electron chi connectivity index (χ3n) is 5.73. The molecule has 1 aliphatic heterocycles. The Bertz CT molecular complexity index is 1230. The van der Waals surface area contributed by atoms with E-state index in [1.165, 1.54) is 11.2 Å². The molecule has 0 saturated carbocycles. The van der Waals surface area contributed by atoms with Gasteiger partial charge in [0, 0.05) is 48.9 Å². The minimum Gasteiger partial charge on any atom is -0.465 e. The first-order valence-corrected chi connectivity index (χ1v) is 9.55. The molecule has 3 N–H and O–H groups in total. The molecule has 3 aromatic heterocycles. The van der Waals surface area contributed by atoms with Gasteiger partial charge in [0.15, 0.2) is 5.82 Å². The van der Waals surface area contributed by atoms with E-state index >= 15 is 0 Å². The second-order valence-electron chi connectivity index (χ2n) is 7.51. The van der Waals surface area contributed by atoms with Crippen LogP contribution in [0, 0.1) is 0 Å². The molecule has 0 aliphatic carbocycles. The smallest absolute Gasteiger partial charge is 0.407 e. The van der Waals surface area contributed by atoms with Crippen molar-refractivity contribution in [3.8, 4) is 11.1 Å². The van der Waals surface area contributed by atoms with E-state index in [0.29, 0.717) is 18.9 Å². The van der Waals surface area contributed by atoms with Crippen molar-refractivity contribution in [3.63, 3.8) is 0 Å². The van der Waals surface area contributed by atoms with Gasteiger partial charge in [-0.05, 0) is 30.5 Å². The van der Waals surface area contributed by atoms with E-state index in [4.69, 9.17) is 5.73 Å². The molecule has 1 amide bonds. The van der Waals surface area contributed by atoms with Gasteiger partial charge in [-0.25, -0.2) is 14.3 Å². The van der Waals surface area contributed by atoms with Crippen LogP contribution in [-0.4, -0.2) is 53.6 Å². The minimum absolute atomic E-state index is 0.208. The number of carboxylic acid groups (broad SMARTS) is 1. The number of benzene rings is 1. The van der Waals surface area contributed by atoms with Gasteiger partial charge in [-0.15, -0.1) is 0 Å². The Morgan fingerprint density at radius 3 is 2.79 bits per heavy atom. The number of fused-ring (bicyclic) bond motifs is 2. The highest BCUT2D eigenvalue weighted by molar-refractivity contribution is 5.92. The van der Waals surface area contributed by atoms with Crippen LogP contribution in [0.2, 0.25) is 0 Å². The van der Waals surface area contributed by atoms with Crippen LogP contribution in [0.25, 0.3) is 27.5 Å². The number of anilines is 1. The van der Waals surface area contributed by atoms with Crippen molar-refractivity contribution in [3.05, 3.63) is 42.5 Å². The van der Waals surface area contributed by atoms with Gasteiger partial charge in [0.2, 0.25) is 0 Å². The number of amides is 1. The average Bonchev–Trinajstić information content (AvgIpc) is 3.28. The highest BCUT2D eigenvalue weighted by Gasteiger charge is 2.27. The summed E-state index contributed by atoms with van der Waals surface area (Å²) in [5.74, 6) is 0.630. The Morgan fingerprint density at radius 1 is 1.24 bits per heavy atom. The quantitative estimate of drug-likeness (QED) is 0.543. The van der Waals surface area contributed by atoms with Crippen molar-refractivity contribution >= 4 is 28.3 Å². The molecule has 5 rings (SSSR count). The maximum atomic E-state index is 11.2. The molecule has 9 nitrogen and oxygen atoms in total. The lowest BCUT2D eigenvalue weighted by Gasteiger charge is -2.29. The van der Waals surface area contributed by atoms with Crippen LogP contribution in [0.4, 0.5) is 10.6 Å². The van der Waals surface area contributed by atoms with Crippen LogP contribution in [-0.2, 0) is 7.05 Å². The first kappa shape index (κ1) is 17.5. The van der Waals surface area contributed by atoms with E-state index in [1.54, 1.807) is 4.68 Å². The molecule has 148 valence electrons. The topological polar surface area (TPSA) is 115 Å². The second kappa shape index (κ2) is 6.47. The fourth-order valence-electron chi connectivity index (χ4n) is 4.28. The lowest BCUT2D eigenvalue weighted by atomic mass is 9.93. The molecule has 4 aromatic rings. The molecular weight excluding hydrogens is 370 g/mol. The van der Waals surface area contributed by atoms with Crippen molar-refractivity contribution in [2.45, 2.75) is 18.8 Å². The van der Waals surface area contributed by atoms with Crippen LogP contribution in [0.1, 0.15) is 24.5 Å². The zero-order chi connectivity index (χ0) is 20.1. The van der Waals surface area contributed by atoms with E-state index in [1.807, 2.05) is 29.9 Å². The summed E-state index contributed by atoms with van der Waals surface area (Å²) in [6, 6.07) is 8.27. The van der Waals surface area contributed by atoms with E-state index in [0.717, 1.165) is 46.1 Å². The largest absolute Gasteiger partial charge is 0.465 e. The predicted molar refractivity (Wildman–Crippen MR) is 109 cm³/mol. The van der Waals surface area contributed by atoms with E-state index in [2.05, 4.69) is 27.3 Å². The first-order chi connectivity index (χ1) is 14.0. The Balaban J connectivity index is 1.62. The Labute approximate surface area is 166 Å². The number of likely N-dealkylation sites (tertiary alicyclic amines) is 1. The number of nitrogens with zero attached hydrogens (tertiary/aromatic N) is 6. The predicted octanol–water partition coefficient (Wildman–Crippen LogP) is 2.72. The molecule has 1 aliphatic rings. The molecule has 0 atom stereocenters. The number of hydrogen-bond acceptors (Lipinski definition) is 5. The Hall–Kier alpha value is -3.62. The molecule has 1 fully saturated rings. The van der Waals surface area contributed by atoms with Crippen molar-refractivity contribution < 1.29 is 9.90 Å². The molecule has 0 spiro atoms. The molecule has 9 heteroatoms. The normalized spacial score (nSPS) is 15.4. The third-order valence-corrected chi connectivity index (χ3v) is 5.73. The number of hydrogen-bond donors (Lipinski definition) is 2. The molecule has 1 saturated heterocycles. The molecule has 0 unspecified atom stereocenters. The average molecular weight is 391 g/mol. The first-order valence-electron chi connectivity index (χ1n) is 9.55. The summed E-state index contributed by atoms with van der Waals surface area (Å²) < 4.78 is 3.66. The van der Waals surface area contributed by atoms with E-state index in [-0.39, 0.29) is 5.92 Å². The van der Waals surface area contributed by atoms with Crippen LogP contribution >= 0.6 is 0 Å². The van der Waals surface area contributed by atoms with Gasteiger partial charge in [0.05, 0.1) is 5.52 Å². The van der Waals surface area contributed by atoms with Crippen molar-refractivity contribution in [2.75, 3.05) is 18.8 Å². The van der Waals surface area contributed by atoms with Gasteiger partial charge >= 0.3 is 6.09 Å². The number of carbonyl (C=O) groups is 1. The van der Waals surface area contributed by atoms with E-state index < -0.39 is 6.09 Å². The van der Waals surface area contributed by atoms with Crippen molar-refractivity contribution in [1.29, 1.82) is 0 Å². The summed E-state index contributed by atoms with van der Waals surface area (Å²) in [6.07, 6.45) is 4.08. The Kier molecular flexibility index (Phi) is 3.90. The maximum Gasteiger partial charge on any atom is 0.407 e. The number of nitrogens with two attached hydrogens (primary N) is 1. The van der Waals surface area contributed by atoms with Gasteiger partial charge in [-0.3, -0.25) is 4.68 Å². The minimum atomic E-state index is -0.862. The Morgan fingerprint density at radius 2 is 2.03 bits per heavy atom. The van der Waals surface area contributed by atoms with E-state index in [9.17, 15) is 9.90 Å². The lowest BCUT2D eigenvalue weighted by Crippen LogP contribution is -2.37. The van der Waals surface area contributed by atoms with Crippen LogP contribution in [0.15, 0.2) is 36.8 Å². The highest BCUT2D eigenvalue weighted by atomic mass is 16.4. The fourth-order valence-corrected chi connectivity index (χ4v) is 4.28. The summed E-state index contributed by atoms with van der Waals surface area (Å²) in [4.78, 5) is 16.9. The van der Waals surface area contributed by atoms with Gasteiger partial charge in [0.25, 0.3) is 0 Å². The number of piperidine rings is 1. The number of aromatic nitrogens is 5. The second-order valence-corrected chi connectivity index (χ2v) is 7.51. The third kappa shape index (κ3) is 2.86. The highest BCUT2D eigenvalue weighted by Crippen LogP contribution is 2.37. The van der Waals surface area contributed by atoms with Crippen molar-refractivity contribution in [2.24, 2.45) is 7.05 Å². The zero-order valence-electron chi connectivity index (χ0n) is 16.0. The van der Waals surface area contributed by atoms with Gasteiger partial charge in [-0.1, -0.05) is 12.1 Å². The van der Waals surface area contributed by atoms with Crippen LogP contribution in [0.5, 0.6) is 0 Å². The number of nitrogen functional groups attached to an aromatic ring is 1. The summed E-state index contributed by atoms with van der Waals surface area (Å²) >= 11 is 0. The summed E-state index contributed by atoms with van der Waals surface area (Å²) in [5, 5.41) is 19.3.